The molecule has 4 nitrogen and oxygen atoms in total. The molecule has 0 aliphatic heterocycles. The molecular weight excluding hydrogens is 351 g/mol. The highest BCUT2D eigenvalue weighted by Gasteiger charge is 2.11. The number of halogens is 2. The molecule has 2 rings (SSSR count). The molecule has 2 aromatic carbocycles. The Kier molecular flexibility index (Phi) is 5.27. The van der Waals surface area contributed by atoms with Crippen LogP contribution in [0, 0.1) is 5.82 Å². The SMILES string of the molecule is CCC(=O)Nc1cccc(NC(=O)c2ccc(F)cc2Br)c1. The summed E-state index contributed by atoms with van der Waals surface area (Å²) in [4.78, 5) is 23.6. The average Bonchev–Trinajstić information content (AvgIpc) is 2.47. The first-order valence-corrected chi connectivity index (χ1v) is 7.45. The van der Waals surface area contributed by atoms with Crippen molar-refractivity contribution in [2.75, 3.05) is 10.6 Å². The van der Waals surface area contributed by atoms with Crippen molar-refractivity contribution >= 4 is 39.1 Å². The lowest BCUT2D eigenvalue weighted by Gasteiger charge is -2.09. The number of carbonyl (C=O) groups excluding carboxylic acids is 2. The van der Waals surface area contributed by atoms with Crippen LogP contribution in [-0.4, -0.2) is 11.8 Å². The van der Waals surface area contributed by atoms with E-state index in [1.54, 1.807) is 31.2 Å². The summed E-state index contributed by atoms with van der Waals surface area (Å²) in [5.41, 5.74) is 1.46. The molecule has 22 heavy (non-hydrogen) atoms. The van der Waals surface area contributed by atoms with E-state index in [0.29, 0.717) is 27.8 Å². The molecule has 0 unspecified atom stereocenters. The van der Waals surface area contributed by atoms with Gasteiger partial charge in [-0.15, -0.1) is 0 Å². The van der Waals surface area contributed by atoms with Crippen molar-refractivity contribution < 1.29 is 14.0 Å². The normalized spacial score (nSPS) is 10.1. The molecule has 2 aromatic rings. The van der Waals surface area contributed by atoms with Crippen molar-refractivity contribution in [3.63, 3.8) is 0 Å². The zero-order valence-corrected chi connectivity index (χ0v) is 13.4. The predicted octanol–water partition coefficient (Wildman–Crippen LogP) is 4.19. The fourth-order valence-electron chi connectivity index (χ4n) is 1.80. The first-order valence-electron chi connectivity index (χ1n) is 6.66. The third-order valence-electron chi connectivity index (χ3n) is 2.90. The Morgan fingerprint density at radius 1 is 1.09 bits per heavy atom. The van der Waals surface area contributed by atoms with Crippen LogP contribution >= 0.6 is 15.9 Å². The maximum atomic E-state index is 13.0. The minimum atomic E-state index is -0.423. The van der Waals surface area contributed by atoms with Crippen molar-refractivity contribution in [1.29, 1.82) is 0 Å². The lowest BCUT2D eigenvalue weighted by Crippen LogP contribution is -2.13. The highest BCUT2D eigenvalue weighted by Crippen LogP contribution is 2.21. The maximum absolute atomic E-state index is 13.0. The van der Waals surface area contributed by atoms with Gasteiger partial charge in [-0.1, -0.05) is 13.0 Å². The highest BCUT2D eigenvalue weighted by molar-refractivity contribution is 9.10. The van der Waals surface area contributed by atoms with Crippen molar-refractivity contribution in [3.8, 4) is 0 Å². The monoisotopic (exact) mass is 364 g/mol. The molecule has 0 fully saturated rings. The average molecular weight is 365 g/mol. The standard InChI is InChI=1S/C16H14BrFN2O2/c1-2-15(21)19-11-4-3-5-12(9-11)20-16(22)13-7-6-10(18)8-14(13)17/h3-9H,2H2,1H3,(H,19,21)(H,20,22). The van der Waals surface area contributed by atoms with E-state index in [9.17, 15) is 14.0 Å². The summed E-state index contributed by atoms with van der Waals surface area (Å²) >= 11 is 3.16. The van der Waals surface area contributed by atoms with E-state index < -0.39 is 5.82 Å². The zero-order valence-electron chi connectivity index (χ0n) is 11.8. The Bertz CT molecular complexity index is 719. The van der Waals surface area contributed by atoms with Gasteiger partial charge in [-0.2, -0.15) is 0 Å². The van der Waals surface area contributed by atoms with Crippen LogP contribution in [0.1, 0.15) is 23.7 Å². The summed E-state index contributed by atoms with van der Waals surface area (Å²) in [6.07, 6.45) is 0.374. The summed E-state index contributed by atoms with van der Waals surface area (Å²) in [5, 5.41) is 5.42. The Balaban J connectivity index is 2.14. The number of hydrogen-bond acceptors (Lipinski definition) is 2. The number of amides is 2. The van der Waals surface area contributed by atoms with E-state index in [2.05, 4.69) is 26.6 Å². The van der Waals surface area contributed by atoms with Gasteiger partial charge in [0, 0.05) is 22.3 Å². The minimum Gasteiger partial charge on any atom is -0.326 e. The van der Waals surface area contributed by atoms with Gasteiger partial charge in [0.1, 0.15) is 5.82 Å². The van der Waals surface area contributed by atoms with Gasteiger partial charge in [0.2, 0.25) is 5.91 Å². The Hall–Kier alpha value is -2.21. The van der Waals surface area contributed by atoms with Gasteiger partial charge in [0.15, 0.2) is 0 Å². The molecule has 114 valence electrons. The van der Waals surface area contributed by atoms with E-state index in [4.69, 9.17) is 0 Å². The van der Waals surface area contributed by atoms with Gasteiger partial charge in [-0.25, -0.2) is 4.39 Å². The van der Waals surface area contributed by atoms with Crippen LogP contribution in [0.25, 0.3) is 0 Å². The fraction of sp³-hybridized carbons (Fsp3) is 0.125. The first-order chi connectivity index (χ1) is 10.5. The summed E-state index contributed by atoms with van der Waals surface area (Å²) in [6.45, 7) is 1.76. The molecule has 0 spiro atoms. The minimum absolute atomic E-state index is 0.107. The fourth-order valence-corrected chi connectivity index (χ4v) is 2.33. The lowest BCUT2D eigenvalue weighted by atomic mass is 10.2. The topological polar surface area (TPSA) is 58.2 Å². The Labute approximate surface area is 135 Å². The molecule has 0 radical (unpaired) electrons. The molecule has 2 amide bonds. The van der Waals surface area contributed by atoms with Gasteiger partial charge in [0.25, 0.3) is 5.91 Å². The maximum Gasteiger partial charge on any atom is 0.256 e. The van der Waals surface area contributed by atoms with E-state index in [1.165, 1.54) is 18.2 Å². The van der Waals surface area contributed by atoms with Crippen LogP contribution in [0.2, 0.25) is 0 Å². The number of carbonyl (C=O) groups is 2. The Morgan fingerprint density at radius 2 is 1.77 bits per heavy atom. The predicted molar refractivity (Wildman–Crippen MR) is 87.4 cm³/mol. The molecule has 0 aromatic heterocycles. The Morgan fingerprint density at radius 3 is 2.41 bits per heavy atom. The smallest absolute Gasteiger partial charge is 0.256 e. The van der Waals surface area contributed by atoms with E-state index in [1.807, 2.05) is 0 Å². The molecule has 0 bridgehead atoms. The van der Waals surface area contributed by atoms with Gasteiger partial charge in [0.05, 0.1) is 5.56 Å². The summed E-state index contributed by atoms with van der Waals surface area (Å²) in [6, 6.07) is 10.7. The van der Waals surface area contributed by atoms with Gasteiger partial charge >= 0.3 is 0 Å². The molecule has 0 aliphatic rings. The van der Waals surface area contributed by atoms with Crippen molar-refractivity contribution in [1.82, 2.24) is 0 Å². The largest absolute Gasteiger partial charge is 0.326 e. The molecule has 0 saturated heterocycles. The molecule has 0 atom stereocenters. The number of anilines is 2. The van der Waals surface area contributed by atoms with Crippen molar-refractivity contribution in [3.05, 3.63) is 58.3 Å². The lowest BCUT2D eigenvalue weighted by molar-refractivity contribution is -0.115. The van der Waals surface area contributed by atoms with E-state index >= 15 is 0 Å². The molecule has 6 heteroatoms. The molecule has 0 saturated carbocycles. The molecule has 0 aliphatic carbocycles. The third kappa shape index (κ3) is 4.14. The molecular formula is C16H14BrFN2O2. The second-order valence-corrected chi connectivity index (χ2v) is 5.42. The quantitative estimate of drug-likeness (QED) is 0.854. The van der Waals surface area contributed by atoms with Crippen molar-refractivity contribution in [2.24, 2.45) is 0 Å². The van der Waals surface area contributed by atoms with Gasteiger partial charge < -0.3 is 10.6 Å². The van der Waals surface area contributed by atoms with Crippen LogP contribution < -0.4 is 10.6 Å². The van der Waals surface area contributed by atoms with E-state index in [0.717, 1.165) is 0 Å². The van der Waals surface area contributed by atoms with E-state index in [-0.39, 0.29) is 11.8 Å². The highest BCUT2D eigenvalue weighted by atomic mass is 79.9. The zero-order chi connectivity index (χ0) is 16.1. The summed E-state index contributed by atoms with van der Waals surface area (Å²) in [7, 11) is 0. The number of hydrogen-bond donors (Lipinski definition) is 2. The summed E-state index contributed by atoms with van der Waals surface area (Å²) in [5.74, 6) is -0.900. The number of rotatable bonds is 4. The van der Waals surface area contributed by atoms with Crippen LogP contribution in [0.4, 0.5) is 15.8 Å². The van der Waals surface area contributed by atoms with Crippen LogP contribution in [0.5, 0.6) is 0 Å². The number of nitrogens with one attached hydrogen (secondary N) is 2. The second-order valence-electron chi connectivity index (χ2n) is 4.56. The molecule has 2 N–H and O–H groups in total. The summed E-state index contributed by atoms with van der Waals surface area (Å²) < 4.78 is 13.4. The van der Waals surface area contributed by atoms with Crippen LogP contribution in [0.3, 0.4) is 0 Å². The first kappa shape index (κ1) is 16.2. The third-order valence-corrected chi connectivity index (χ3v) is 3.56. The molecule has 0 heterocycles. The van der Waals surface area contributed by atoms with Gasteiger partial charge in [-0.3, -0.25) is 9.59 Å². The van der Waals surface area contributed by atoms with Crippen LogP contribution in [-0.2, 0) is 4.79 Å². The second kappa shape index (κ2) is 7.17. The van der Waals surface area contributed by atoms with Crippen LogP contribution in [0.15, 0.2) is 46.9 Å². The van der Waals surface area contributed by atoms with Crippen molar-refractivity contribution in [2.45, 2.75) is 13.3 Å². The number of benzene rings is 2. The van der Waals surface area contributed by atoms with Gasteiger partial charge in [-0.05, 0) is 52.3 Å².